The third-order valence-corrected chi connectivity index (χ3v) is 7.00. The van der Waals surface area contributed by atoms with Crippen molar-refractivity contribution in [2.45, 2.75) is 50.7 Å². The Kier molecular flexibility index (Phi) is 6.08. The normalized spacial score (nSPS) is 23.0. The number of hydrogen-bond donors (Lipinski definition) is 0. The zero-order valence-corrected chi connectivity index (χ0v) is 18.3. The van der Waals surface area contributed by atoms with E-state index < -0.39 is 23.2 Å². The van der Waals surface area contributed by atoms with Crippen LogP contribution < -0.4 is 11.1 Å². The third kappa shape index (κ3) is 4.16. The predicted octanol–water partition coefficient (Wildman–Crippen LogP) is 3.28. The van der Waals surface area contributed by atoms with E-state index in [0.29, 0.717) is 42.1 Å². The number of nitrogens with zero attached hydrogens (tertiary/aromatic N) is 4. The van der Waals surface area contributed by atoms with Crippen molar-refractivity contribution >= 4 is 28.7 Å². The average Bonchev–Trinajstić information content (AvgIpc) is 2.77. The summed E-state index contributed by atoms with van der Waals surface area (Å²) >= 11 is 6.01. The summed E-state index contributed by atoms with van der Waals surface area (Å²) in [6.07, 6.45) is -1.42. The van der Waals surface area contributed by atoms with Crippen LogP contribution in [0.1, 0.15) is 44.6 Å². The number of likely N-dealkylation sites (tertiary alicyclic amines) is 1. The van der Waals surface area contributed by atoms with Gasteiger partial charge in [-0.25, -0.2) is 4.98 Å². The Balaban J connectivity index is 1.48. The number of amides is 1. The van der Waals surface area contributed by atoms with Crippen LogP contribution in [0.3, 0.4) is 0 Å². The largest absolute Gasteiger partial charge is 0.391 e. The minimum Gasteiger partial charge on any atom is -0.342 e. The number of aromatic nitrogens is 3. The van der Waals surface area contributed by atoms with Gasteiger partial charge in [0.15, 0.2) is 5.65 Å². The minimum absolute atomic E-state index is 0.0146. The molecule has 4 rings (SSSR count). The highest BCUT2D eigenvalue weighted by molar-refractivity contribution is 6.31. The van der Waals surface area contributed by atoms with E-state index in [9.17, 15) is 27.6 Å². The molecule has 7 nitrogen and oxygen atoms in total. The van der Waals surface area contributed by atoms with E-state index in [0.717, 1.165) is 0 Å². The van der Waals surface area contributed by atoms with Gasteiger partial charge < -0.3 is 9.47 Å². The third-order valence-electron chi connectivity index (χ3n) is 6.79. The van der Waals surface area contributed by atoms with Crippen LogP contribution >= 0.6 is 11.6 Å². The van der Waals surface area contributed by atoms with Gasteiger partial charge in [0.05, 0.1) is 16.5 Å². The topological polar surface area (TPSA) is 77.2 Å². The van der Waals surface area contributed by atoms with Crippen molar-refractivity contribution in [2.75, 3.05) is 13.1 Å². The summed E-state index contributed by atoms with van der Waals surface area (Å²) in [6.45, 7) is 0.749. The maximum atomic E-state index is 12.9. The molecule has 2 aromatic heterocycles. The second-order valence-corrected chi connectivity index (χ2v) is 9.12. The van der Waals surface area contributed by atoms with Gasteiger partial charge in [0, 0.05) is 38.3 Å². The van der Waals surface area contributed by atoms with E-state index in [1.807, 2.05) is 0 Å². The zero-order valence-electron chi connectivity index (χ0n) is 17.6. The number of pyridine rings is 1. The molecule has 1 saturated heterocycles. The van der Waals surface area contributed by atoms with Gasteiger partial charge in [-0.15, -0.1) is 0 Å². The SMILES string of the molecule is Cn1c(=O)c(=O)n(C2CCN(C(=O)C3CCC(C(F)(F)F)CC3)CC2)c2ncc(Cl)cc21. The number of fused-ring (bicyclic) bond motifs is 1. The molecule has 1 amide bonds. The second-order valence-electron chi connectivity index (χ2n) is 8.68. The lowest BCUT2D eigenvalue weighted by molar-refractivity contribution is -0.185. The van der Waals surface area contributed by atoms with Crippen LogP contribution in [-0.4, -0.2) is 44.2 Å². The first-order chi connectivity index (χ1) is 15.1. The Morgan fingerprint density at radius 3 is 2.28 bits per heavy atom. The second kappa shape index (κ2) is 8.53. The van der Waals surface area contributed by atoms with Gasteiger partial charge in [-0.2, -0.15) is 13.2 Å². The quantitative estimate of drug-likeness (QED) is 0.628. The van der Waals surface area contributed by atoms with Crippen LogP contribution in [0.15, 0.2) is 21.9 Å². The maximum absolute atomic E-state index is 12.9. The van der Waals surface area contributed by atoms with Crippen molar-refractivity contribution < 1.29 is 18.0 Å². The van der Waals surface area contributed by atoms with Crippen molar-refractivity contribution in [2.24, 2.45) is 18.9 Å². The van der Waals surface area contributed by atoms with Crippen molar-refractivity contribution in [1.82, 2.24) is 19.0 Å². The van der Waals surface area contributed by atoms with Crippen LogP contribution in [-0.2, 0) is 11.8 Å². The molecule has 174 valence electrons. The van der Waals surface area contributed by atoms with Gasteiger partial charge in [-0.05, 0) is 44.6 Å². The molecule has 32 heavy (non-hydrogen) atoms. The van der Waals surface area contributed by atoms with Crippen molar-refractivity contribution in [3.63, 3.8) is 0 Å². The van der Waals surface area contributed by atoms with E-state index >= 15 is 0 Å². The first-order valence-corrected chi connectivity index (χ1v) is 11.1. The van der Waals surface area contributed by atoms with Crippen molar-refractivity contribution in [3.8, 4) is 0 Å². The van der Waals surface area contributed by atoms with E-state index in [-0.39, 0.29) is 43.6 Å². The number of carbonyl (C=O) groups excluding carboxylic acids is 1. The van der Waals surface area contributed by atoms with Crippen LogP contribution in [0.4, 0.5) is 13.2 Å². The fraction of sp³-hybridized carbons (Fsp3) is 0.619. The van der Waals surface area contributed by atoms with Gasteiger partial charge in [0.25, 0.3) is 0 Å². The number of halogens is 4. The molecular weight excluding hydrogens is 449 g/mol. The summed E-state index contributed by atoms with van der Waals surface area (Å²) in [4.78, 5) is 44.0. The lowest BCUT2D eigenvalue weighted by atomic mass is 9.81. The molecule has 0 aromatic carbocycles. The first kappa shape index (κ1) is 22.8. The van der Waals surface area contributed by atoms with Gasteiger partial charge in [0.2, 0.25) is 5.91 Å². The minimum atomic E-state index is -4.20. The highest BCUT2D eigenvalue weighted by Crippen LogP contribution is 2.40. The van der Waals surface area contributed by atoms with E-state index in [1.54, 1.807) is 11.0 Å². The fourth-order valence-electron chi connectivity index (χ4n) is 4.91. The molecule has 1 saturated carbocycles. The van der Waals surface area contributed by atoms with Gasteiger partial charge in [-0.3, -0.25) is 19.0 Å². The monoisotopic (exact) mass is 472 g/mol. The molecule has 0 bridgehead atoms. The zero-order chi connectivity index (χ0) is 23.2. The van der Waals surface area contributed by atoms with Gasteiger partial charge in [-0.1, -0.05) is 11.6 Å². The molecule has 0 atom stereocenters. The van der Waals surface area contributed by atoms with Crippen LogP contribution in [0, 0.1) is 11.8 Å². The number of piperidine rings is 1. The molecule has 2 aromatic rings. The number of hydrogen-bond acceptors (Lipinski definition) is 4. The van der Waals surface area contributed by atoms with E-state index in [1.165, 1.54) is 22.4 Å². The molecular formula is C21H24ClF3N4O3. The van der Waals surface area contributed by atoms with Crippen LogP contribution in [0.5, 0.6) is 0 Å². The molecule has 0 spiro atoms. The number of aryl methyl sites for hydroxylation is 1. The number of alkyl halides is 3. The Labute approximate surface area is 186 Å². The standard InChI is InChI=1S/C21H24ClF3N4O3/c1-27-16-10-14(22)11-26-17(16)29(20(32)19(27)31)15-6-8-28(9-7-15)18(30)12-2-4-13(5-3-12)21(23,24)25/h10-13,15H,2-9H2,1H3. The molecule has 1 aliphatic heterocycles. The summed E-state index contributed by atoms with van der Waals surface area (Å²) in [5.41, 5.74) is -0.551. The van der Waals surface area contributed by atoms with Crippen molar-refractivity contribution in [1.29, 1.82) is 0 Å². The molecule has 11 heteroatoms. The maximum Gasteiger partial charge on any atom is 0.391 e. The molecule has 0 unspecified atom stereocenters. The molecule has 0 N–H and O–H groups in total. The lowest BCUT2D eigenvalue weighted by Crippen LogP contribution is -2.47. The predicted molar refractivity (Wildman–Crippen MR) is 113 cm³/mol. The summed E-state index contributed by atoms with van der Waals surface area (Å²) in [5.74, 6) is -1.82. The average molecular weight is 473 g/mol. The van der Waals surface area contributed by atoms with E-state index in [2.05, 4.69) is 4.98 Å². The molecule has 3 heterocycles. The molecule has 2 aliphatic rings. The molecule has 0 radical (unpaired) electrons. The Morgan fingerprint density at radius 2 is 1.69 bits per heavy atom. The van der Waals surface area contributed by atoms with Crippen LogP contribution in [0.2, 0.25) is 5.02 Å². The van der Waals surface area contributed by atoms with Gasteiger partial charge >= 0.3 is 17.3 Å². The highest BCUT2D eigenvalue weighted by Gasteiger charge is 2.43. The Hall–Kier alpha value is -2.36. The highest BCUT2D eigenvalue weighted by atomic mass is 35.5. The molecule has 1 aliphatic carbocycles. The summed E-state index contributed by atoms with van der Waals surface area (Å²) in [7, 11) is 1.49. The Morgan fingerprint density at radius 1 is 1.06 bits per heavy atom. The summed E-state index contributed by atoms with van der Waals surface area (Å²) < 4.78 is 41.3. The van der Waals surface area contributed by atoms with E-state index in [4.69, 9.17) is 11.6 Å². The summed E-state index contributed by atoms with van der Waals surface area (Å²) in [5, 5.41) is 0.346. The lowest BCUT2D eigenvalue weighted by Gasteiger charge is -2.37. The number of rotatable bonds is 2. The summed E-state index contributed by atoms with van der Waals surface area (Å²) in [6, 6.07) is 1.27. The fourth-order valence-corrected chi connectivity index (χ4v) is 5.07. The smallest absolute Gasteiger partial charge is 0.342 e. The van der Waals surface area contributed by atoms with Crippen LogP contribution in [0.25, 0.3) is 11.2 Å². The van der Waals surface area contributed by atoms with Crippen molar-refractivity contribution in [3.05, 3.63) is 38.0 Å². The number of carbonyl (C=O) groups is 1. The first-order valence-electron chi connectivity index (χ1n) is 10.7. The molecule has 2 fully saturated rings. The van der Waals surface area contributed by atoms with Gasteiger partial charge in [0.1, 0.15) is 0 Å². The Bertz CT molecular complexity index is 1140.